The first-order valence-electron chi connectivity index (χ1n) is 6.55. The first-order valence-corrected chi connectivity index (χ1v) is 6.55. The van der Waals surface area contributed by atoms with Crippen LogP contribution in [0, 0.1) is 0 Å². The lowest BCUT2D eigenvalue weighted by Crippen LogP contribution is -2.42. The summed E-state index contributed by atoms with van der Waals surface area (Å²) < 4.78 is 0. The Kier molecular flexibility index (Phi) is 5.49. The SMILES string of the molecule is CNc1ccc(C(=O)NCCC(=O)NC(C)(C)C)nc1. The molecule has 2 amide bonds. The van der Waals surface area contributed by atoms with Crippen LogP contribution in [0.1, 0.15) is 37.7 Å². The van der Waals surface area contributed by atoms with Gasteiger partial charge in [0.05, 0.1) is 11.9 Å². The molecule has 6 nitrogen and oxygen atoms in total. The predicted octanol–water partition coefficient (Wildman–Crippen LogP) is 1.16. The highest BCUT2D eigenvalue weighted by molar-refractivity contribution is 5.92. The molecule has 1 aromatic heterocycles. The molecule has 0 saturated heterocycles. The maximum absolute atomic E-state index is 11.8. The Morgan fingerprint density at radius 2 is 1.95 bits per heavy atom. The van der Waals surface area contributed by atoms with Gasteiger partial charge in [-0.3, -0.25) is 9.59 Å². The van der Waals surface area contributed by atoms with Crippen molar-refractivity contribution in [2.24, 2.45) is 0 Å². The molecule has 0 aliphatic rings. The smallest absolute Gasteiger partial charge is 0.269 e. The molecule has 0 bridgehead atoms. The molecule has 0 aliphatic carbocycles. The van der Waals surface area contributed by atoms with Gasteiger partial charge >= 0.3 is 0 Å². The molecular weight excluding hydrogens is 256 g/mol. The van der Waals surface area contributed by atoms with Gasteiger partial charge in [-0.2, -0.15) is 0 Å². The number of rotatable bonds is 5. The Hall–Kier alpha value is -2.11. The molecule has 3 N–H and O–H groups in total. The van der Waals surface area contributed by atoms with Gasteiger partial charge in [-0.05, 0) is 32.9 Å². The van der Waals surface area contributed by atoms with E-state index in [9.17, 15) is 9.59 Å². The monoisotopic (exact) mass is 278 g/mol. The summed E-state index contributed by atoms with van der Waals surface area (Å²) in [6, 6.07) is 3.41. The van der Waals surface area contributed by atoms with E-state index < -0.39 is 0 Å². The Morgan fingerprint density at radius 1 is 1.25 bits per heavy atom. The topological polar surface area (TPSA) is 83.1 Å². The summed E-state index contributed by atoms with van der Waals surface area (Å²) in [5, 5.41) is 8.43. The quantitative estimate of drug-likeness (QED) is 0.754. The maximum atomic E-state index is 11.8. The predicted molar refractivity (Wildman–Crippen MR) is 78.6 cm³/mol. The number of hydrogen-bond acceptors (Lipinski definition) is 4. The zero-order valence-corrected chi connectivity index (χ0v) is 12.4. The Labute approximate surface area is 119 Å². The van der Waals surface area contributed by atoms with E-state index in [-0.39, 0.29) is 30.3 Å². The molecule has 6 heteroatoms. The van der Waals surface area contributed by atoms with E-state index in [1.807, 2.05) is 20.8 Å². The number of nitrogens with one attached hydrogen (secondary N) is 3. The van der Waals surface area contributed by atoms with E-state index in [0.29, 0.717) is 5.69 Å². The minimum absolute atomic E-state index is 0.0868. The maximum Gasteiger partial charge on any atom is 0.269 e. The fourth-order valence-corrected chi connectivity index (χ4v) is 1.54. The standard InChI is InChI=1S/C14H22N4O2/c1-14(2,3)18-12(19)7-8-16-13(20)11-6-5-10(15-4)9-17-11/h5-6,9,15H,7-8H2,1-4H3,(H,16,20)(H,18,19). The number of nitrogens with zero attached hydrogens (tertiary/aromatic N) is 1. The molecule has 1 rings (SSSR count). The van der Waals surface area contributed by atoms with Gasteiger partial charge in [0.1, 0.15) is 5.69 Å². The zero-order valence-electron chi connectivity index (χ0n) is 12.4. The lowest BCUT2D eigenvalue weighted by atomic mass is 10.1. The molecule has 110 valence electrons. The summed E-state index contributed by atoms with van der Waals surface area (Å²) in [7, 11) is 1.78. The van der Waals surface area contributed by atoms with Crippen LogP contribution in [0.5, 0.6) is 0 Å². The lowest BCUT2D eigenvalue weighted by Gasteiger charge is -2.20. The van der Waals surface area contributed by atoms with Crippen molar-refractivity contribution in [1.29, 1.82) is 0 Å². The molecule has 0 saturated carbocycles. The Balaban J connectivity index is 2.38. The van der Waals surface area contributed by atoms with Crippen molar-refractivity contribution in [3.8, 4) is 0 Å². The molecule has 1 aromatic rings. The second-order valence-corrected chi connectivity index (χ2v) is 5.49. The third-order valence-electron chi connectivity index (χ3n) is 2.44. The van der Waals surface area contributed by atoms with Crippen molar-refractivity contribution < 1.29 is 9.59 Å². The molecule has 0 atom stereocenters. The van der Waals surface area contributed by atoms with Crippen LogP contribution in [0.15, 0.2) is 18.3 Å². The number of anilines is 1. The van der Waals surface area contributed by atoms with Crippen LogP contribution < -0.4 is 16.0 Å². The Morgan fingerprint density at radius 3 is 2.45 bits per heavy atom. The Bertz CT molecular complexity index is 463. The molecule has 0 radical (unpaired) electrons. The van der Waals surface area contributed by atoms with E-state index in [0.717, 1.165) is 5.69 Å². The summed E-state index contributed by atoms with van der Waals surface area (Å²) in [6.07, 6.45) is 1.83. The van der Waals surface area contributed by atoms with E-state index in [4.69, 9.17) is 0 Å². The van der Waals surface area contributed by atoms with Crippen molar-refractivity contribution in [2.75, 3.05) is 18.9 Å². The molecule has 0 fully saturated rings. The minimum Gasteiger partial charge on any atom is -0.387 e. The largest absolute Gasteiger partial charge is 0.387 e. The molecular formula is C14H22N4O2. The fraction of sp³-hybridized carbons (Fsp3) is 0.500. The van der Waals surface area contributed by atoms with Crippen molar-refractivity contribution in [3.05, 3.63) is 24.0 Å². The van der Waals surface area contributed by atoms with E-state index >= 15 is 0 Å². The molecule has 0 aromatic carbocycles. The zero-order chi connectivity index (χ0) is 15.2. The number of hydrogen-bond donors (Lipinski definition) is 3. The van der Waals surface area contributed by atoms with Crippen molar-refractivity contribution in [3.63, 3.8) is 0 Å². The fourth-order valence-electron chi connectivity index (χ4n) is 1.54. The normalized spacial score (nSPS) is 10.8. The van der Waals surface area contributed by atoms with Crippen LogP contribution >= 0.6 is 0 Å². The van der Waals surface area contributed by atoms with Gasteiger partial charge in [-0.25, -0.2) is 4.98 Å². The first-order chi connectivity index (χ1) is 9.31. The highest BCUT2D eigenvalue weighted by Gasteiger charge is 2.14. The molecule has 0 unspecified atom stereocenters. The summed E-state index contributed by atoms with van der Waals surface area (Å²) in [6.45, 7) is 6.03. The summed E-state index contributed by atoms with van der Waals surface area (Å²) in [4.78, 5) is 27.4. The van der Waals surface area contributed by atoms with Gasteiger partial charge in [0, 0.05) is 25.6 Å². The van der Waals surface area contributed by atoms with Gasteiger partial charge in [-0.15, -0.1) is 0 Å². The number of amides is 2. The van der Waals surface area contributed by atoms with Gasteiger partial charge in [-0.1, -0.05) is 0 Å². The molecule has 20 heavy (non-hydrogen) atoms. The van der Waals surface area contributed by atoms with Crippen LogP contribution in [-0.2, 0) is 4.79 Å². The van der Waals surface area contributed by atoms with Crippen LogP contribution in [0.3, 0.4) is 0 Å². The van der Waals surface area contributed by atoms with Gasteiger partial charge < -0.3 is 16.0 Å². The van der Waals surface area contributed by atoms with Gasteiger partial charge in [0.15, 0.2) is 0 Å². The first kappa shape index (κ1) is 15.9. The van der Waals surface area contributed by atoms with Crippen LogP contribution in [0.4, 0.5) is 5.69 Å². The molecule has 0 spiro atoms. The van der Waals surface area contributed by atoms with E-state index in [2.05, 4.69) is 20.9 Å². The lowest BCUT2D eigenvalue weighted by molar-refractivity contribution is -0.122. The molecule has 0 aliphatic heterocycles. The third-order valence-corrected chi connectivity index (χ3v) is 2.44. The highest BCUT2D eigenvalue weighted by atomic mass is 16.2. The minimum atomic E-state index is -0.281. The summed E-state index contributed by atoms with van der Waals surface area (Å²) in [5.41, 5.74) is 0.914. The second-order valence-electron chi connectivity index (χ2n) is 5.49. The third kappa shape index (κ3) is 5.69. The summed E-state index contributed by atoms with van der Waals surface area (Å²) in [5.74, 6) is -0.368. The average Bonchev–Trinajstić information content (AvgIpc) is 2.36. The van der Waals surface area contributed by atoms with E-state index in [1.165, 1.54) is 0 Å². The van der Waals surface area contributed by atoms with Crippen LogP contribution in [0.25, 0.3) is 0 Å². The van der Waals surface area contributed by atoms with Crippen LogP contribution in [-0.4, -0.2) is 35.9 Å². The highest BCUT2D eigenvalue weighted by Crippen LogP contribution is 2.04. The van der Waals surface area contributed by atoms with Gasteiger partial charge in [0.25, 0.3) is 5.91 Å². The van der Waals surface area contributed by atoms with Crippen molar-refractivity contribution >= 4 is 17.5 Å². The number of aromatic nitrogens is 1. The van der Waals surface area contributed by atoms with Crippen molar-refractivity contribution in [2.45, 2.75) is 32.7 Å². The number of pyridine rings is 1. The van der Waals surface area contributed by atoms with Gasteiger partial charge in [0.2, 0.25) is 5.91 Å². The number of carbonyl (C=O) groups excluding carboxylic acids is 2. The van der Waals surface area contributed by atoms with Crippen LogP contribution in [0.2, 0.25) is 0 Å². The summed E-state index contributed by atoms with van der Waals surface area (Å²) >= 11 is 0. The van der Waals surface area contributed by atoms with E-state index in [1.54, 1.807) is 25.4 Å². The number of carbonyl (C=O) groups is 2. The van der Waals surface area contributed by atoms with Crippen molar-refractivity contribution in [1.82, 2.24) is 15.6 Å². The average molecular weight is 278 g/mol. The second kappa shape index (κ2) is 6.88. The molecule has 1 heterocycles.